The van der Waals surface area contributed by atoms with E-state index in [4.69, 9.17) is 5.73 Å². The Bertz CT molecular complexity index is 463. The lowest BCUT2D eigenvalue weighted by Crippen LogP contribution is -2.55. The Morgan fingerprint density at radius 2 is 1.86 bits per heavy atom. The zero-order valence-corrected chi connectivity index (χ0v) is 12.4. The first-order chi connectivity index (χ1) is 9.69. The van der Waals surface area contributed by atoms with Crippen molar-refractivity contribution < 1.29 is 19.5 Å². The van der Waals surface area contributed by atoms with Gasteiger partial charge in [-0.15, -0.1) is 0 Å². The van der Waals surface area contributed by atoms with Crippen LogP contribution in [0.25, 0.3) is 0 Å². The molecule has 21 heavy (non-hydrogen) atoms. The molecule has 2 aliphatic carbocycles. The average Bonchev–Trinajstić information content (AvgIpc) is 2.85. The molecule has 2 saturated carbocycles. The van der Waals surface area contributed by atoms with E-state index in [1.165, 1.54) is 0 Å². The Labute approximate surface area is 123 Å². The second-order valence-corrected chi connectivity index (χ2v) is 6.85. The van der Waals surface area contributed by atoms with Gasteiger partial charge in [0.1, 0.15) is 0 Å². The molecule has 2 aliphatic rings. The molecule has 7 nitrogen and oxygen atoms in total. The summed E-state index contributed by atoms with van der Waals surface area (Å²) in [6.07, 6.45) is 2.78. The number of carbonyl (C=O) groups excluding carboxylic acids is 2. The lowest BCUT2D eigenvalue weighted by atomic mass is 9.84. The van der Waals surface area contributed by atoms with Crippen molar-refractivity contribution in [3.63, 3.8) is 0 Å². The minimum absolute atomic E-state index is 0.0273. The molecule has 2 bridgehead atoms. The van der Waals surface area contributed by atoms with Crippen LogP contribution < -0.4 is 16.4 Å². The standard InChI is InChI=1S/C14H23N3O4/c1-14(2,6-9(15)18)17-13(21)16-11-8-4-3-7(5-8)10(11)12(19)20/h7-8,10-11H,3-6H2,1-2H3,(H2,15,18)(H,19,20)(H2,16,17,21). The van der Waals surface area contributed by atoms with Gasteiger partial charge < -0.3 is 21.5 Å². The van der Waals surface area contributed by atoms with Crippen molar-refractivity contribution in [1.29, 1.82) is 0 Å². The molecular weight excluding hydrogens is 274 g/mol. The van der Waals surface area contributed by atoms with Gasteiger partial charge in [-0.25, -0.2) is 4.79 Å². The van der Waals surface area contributed by atoms with E-state index in [9.17, 15) is 19.5 Å². The van der Waals surface area contributed by atoms with E-state index in [0.29, 0.717) is 0 Å². The Kier molecular flexibility index (Phi) is 4.11. The summed E-state index contributed by atoms with van der Waals surface area (Å²) in [5.41, 5.74) is 4.38. The Hall–Kier alpha value is -1.79. The maximum atomic E-state index is 12.1. The van der Waals surface area contributed by atoms with Crippen LogP contribution in [0.2, 0.25) is 0 Å². The van der Waals surface area contributed by atoms with E-state index >= 15 is 0 Å². The predicted octanol–water partition coefficient (Wildman–Crippen LogP) is 0.439. The number of fused-ring (bicyclic) bond motifs is 2. The number of nitrogens with one attached hydrogen (secondary N) is 2. The number of rotatable bonds is 5. The summed E-state index contributed by atoms with van der Waals surface area (Å²) >= 11 is 0. The molecule has 0 heterocycles. The molecule has 4 unspecified atom stereocenters. The summed E-state index contributed by atoms with van der Waals surface area (Å²) in [7, 11) is 0. The number of carboxylic acid groups (broad SMARTS) is 1. The van der Waals surface area contributed by atoms with Gasteiger partial charge >= 0.3 is 12.0 Å². The molecule has 0 aliphatic heterocycles. The fourth-order valence-corrected chi connectivity index (χ4v) is 3.83. The first kappa shape index (κ1) is 15.6. The van der Waals surface area contributed by atoms with Gasteiger partial charge in [-0.05, 0) is 44.9 Å². The topological polar surface area (TPSA) is 122 Å². The highest BCUT2D eigenvalue weighted by Crippen LogP contribution is 2.48. The molecule has 118 valence electrons. The van der Waals surface area contributed by atoms with Crippen molar-refractivity contribution in [3.8, 4) is 0 Å². The van der Waals surface area contributed by atoms with Crippen molar-refractivity contribution in [2.24, 2.45) is 23.5 Å². The molecule has 0 radical (unpaired) electrons. The third kappa shape index (κ3) is 3.46. The monoisotopic (exact) mass is 297 g/mol. The summed E-state index contributed by atoms with van der Waals surface area (Å²) in [4.78, 5) is 34.4. The van der Waals surface area contributed by atoms with Crippen molar-refractivity contribution in [2.45, 2.75) is 51.1 Å². The van der Waals surface area contributed by atoms with Crippen LogP contribution in [0.1, 0.15) is 39.5 Å². The predicted molar refractivity (Wildman–Crippen MR) is 75.3 cm³/mol. The summed E-state index contributed by atoms with van der Waals surface area (Å²) < 4.78 is 0. The molecule has 3 amide bonds. The van der Waals surface area contributed by atoms with Crippen LogP contribution in [0.3, 0.4) is 0 Å². The zero-order chi connectivity index (χ0) is 15.8. The van der Waals surface area contributed by atoms with E-state index in [1.807, 2.05) is 0 Å². The average molecular weight is 297 g/mol. The van der Waals surface area contributed by atoms with E-state index in [2.05, 4.69) is 10.6 Å². The van der Waals surface area contributed by atoms with Gasteiger partial charge in [0.2, 0.25) is 5.91 Å². The third-order valence-corrected chi connectivity index (χ3v) is 4.57. The van der Waals surface area contributed by atoms with Crippen LogP contribution in [-0.4, -0.2) is 34.6 Å². The number of carbonyl (C=O) groups is 3. The summed E-state index contributed by atoms with van der Waals surface area (Å²) in [6.45, 7) is 3.40. The molecule has 5 N–H and O–H groups in total. The number of primary amides is 1. The molecular formula is C14H23N3O4. The largest absolute Gasteiger partial charge is 0.481 e. The van der Waals surface area contributed by atoms with Gasteiger partial charge in [0.25, 0.3) is 0 Å². The number of aliphatic carboxylic acids is 1. The quantitative estimate of drug-likeness (QED) is 0.588. The number of amides is 3. The summed E-state index contributed by atoms with van der Waals surface area (Å²) in [5, 5.41) is 14.8. The number of nitrogens with two attached hydrogens (primary N) is 1. The molecule has 4 atom stereocenters. The minimum Gasteiger partial charge on any atom is -0.481 e. The van der Waals surface area contributed by atoms with Crippen LogP contribution in [0.4, 0.5) is 4.79 Å². The van der Waals surface area contributed by atoms with Gasteiger partial charge in [-0.1, -0.05) is 0 Å². The molecule has 7 heteroatoms. The zero-order valence-electron chi connectivity index (χ0n) is 12.4. The number of hydrogen-bond donors (Lipinski definition) is 4. The molecule has 0 saturated heterocycles. The highest BCUT2D eigenvalue weighted by Gasteiger charge is 2.51. The fourth-order valence-electron chi connectivity index (χ4n) is 3.83. The molecule has 0 aromatic rings. The Morgan fingerprint density at radius 1 is 1.24 bits per heavy atom. The number of hydrogen-bond acceptors (Lipinski definition) is 3. The molecule has 0 aromatic heterocycles. The summed E-state index contributed by atoms with van der Waals surface area (Å²) in [5.74, 6) is -1.45. The second kappa shape index (κ2) is 5.54. The highest BCUT2D eigenvalue weighted by atomic mass is 16.4. The van der Waals surface area contributed by atoms with E-state index in [-0.39, 0.29) is 24.3 Å². The molecule has 0 aromatic carbocycles. The van der Waals surface area contributed by atoms with Gasteiger partial charge in [0.15, 0.2) is 0 Å². The fraction of sp³-hybridized carbons (Fsp3) is 0.786. The van der Waals surface area contributed by atoms with Crippen LogP contribution in [0.15, 0.2) is 0 Å². The van der Waals surface area contributed by atoms with Crippen LogP contribution in [0.5, 0.6) is 0 Å². The number of urea groups is 1. The number of carboxylic acids is 1. The maximum absolute atomic E-state index is 12.1. The van der Waals surface area contributed by atoms with Crippen molar-refractivity contribution in [2.75, 3.05) is 0 Å². The van der Waals surface area contributed by atoms with E-state index in [1.54, 1.807) is 13.8 Å². The maximum Gasteiger partial charge on any atom is 0.315 e. The smallest absolute Gasteiger partial charge is 0.315 e. The molecule has 2 rings (SSSR count). The van der Waals surface area contributed by atoms with Gasteiger partial charge in [-0.2, -0.15) is 0 Å². The first-order valence-corrected chi connectivity index (χ1v) is 7.29. The van der Waals surface area contributed by atoms with Crippen molar-refractivity contribution >= 4 is 17.9 Å². The SMILES string of the molecule is CC(C)(CC(N)=O)NC(=O)NC1C2CCC(C2)C1C(=O)O. The van der Waals surface area contributed by atoms with Crippen LogP contribution in [0, 0.1) is 17.8 Å². The second-order valence-electron chi connectivity index (χ2n) is 6.85. The molecule has 0 spiro atoms. The first-order valence-electron chi connectivity index (χ1n) is 7.29. The van der Waals surface area contributed by atoms with E-state index in [0.717, 1.165) is 19.3 Å². The normalized spacial score (nSPS) is 31.0. The lowest BCUT2D eigenvalue weighted by molar-refractivity contribution is -0.144. The van der Waals surface area contributed by atoms with Crippen LogP contribution >= 0.6 is 0 Å². The summed E-state index contributed by atoms with van der Waals surface area (Å²) in [6, 6.07) is -0.768. The minimum atomic E-state index is -0.844. The van der Waals surface area contributed by atoms with Gasteiger partial charge in [0.05, 0.1) is 5.92 Å². The molecule has 2 fully saturated rings. The third-order valence-electron chi connectivity index (χ3n) is 4.57. The Balaban J connectivity index is 1.96. The van der Waals surface area contributed by atoms with Crippen LogP contribution in [-0.2, 0) is 9.59 Å². The highest BCUT2D eigenvalue weighted by molar-refractivity contribution is 5.80. The Morgan fingerprint density at radius 3 is 2.43 bits per heavy atom. The lowest BCUT2D eigenvalue weighted by Gasteiger charge is -2.31. The van der Waals surface area contributed by atoms with Crippen molar-refractivity contribution in [3.05, 3.63) is 0 Å². The van der Waals surface area contributed by atoms with Gasteiger partial charge in [-0.3, -0.25) is 9.59 Å². The van der Waals surface area contributed by atoms with E-state index < -0.39 is 29.4 Å². The van der Waals surface area contributed by atoms with Gasteiger partial charge in [0, 0.05) is 18.0 Å². The van der Waals surface area contributed by atoms with Crippen molar-refractivity contribution in [1.82, 2.24) is 10.6 Å².